The number of halogens is 1. The topological polar surface area (TPSA) is 61.0 Å². The van der Waals surface area contributed by atoms with Crippen molar-refractivity contribution in [1.29, 1.82) is 0 Å². The average Bonchev–Trinajstić information content (AvgIpc) is 2.34. The van der Waals surface area contributed by atoms with Crippen molar-refractivity contribution in [3.8, 4) is 0 Å². The normalized spacial score (nSPS) is 9.75. The van der Waals surface area contributed by atoms with Gasteiger partial charge in [0.05, 0.1) is 11.5 Å². The lowest BCUT2D eigenvalue weighted by Gasteiger charge is -1.94. The molecule has 0 atom stereocenters. The van der Waals surface area contributed by atoms with Gasteiger partial charge in [-0.25, -0.2) is 0 Å². The first-order chi connectivity index (χ1) is 5.59. The number of hydrogen-bond acceptors (Lipinski definition) is 3. The molecule has 0 aliphatic heterocycles. The molecule has 0 fully saturated rings. The summed E-state index contributed by atoms with van der Waals surface area (Å²) in [6.45, 7) is 3.73. The van der Waals surface area contributed by atoms with Crippen molar-refractivity contribution in [2.75, 3.05) is 0 Å². The second-order valence-electron chi connectivity index (χ2n) is 2.17. The maximum atomic E-state index is 10.2. The van der Waals surface area contributed by atoms with Crippen LogP contribution >= 0.6 is 11.6 Å². The zero-order valence-corrected chi connectivity index (χ0v) is 6.86. The van der Waals surface area contributed by atoms with Gasteiger partial charge in [0.1, 0.15) is 12.4 Å². The third kappa shape index (κ3) is 2.06. The lowest BCUT2D eigenvalue weighted by atomic mass is 10.6. The van der Waals surface area contributed by atoms with Crippen molar-refractivity contribution < 1.29 is 4.92 Å². The SMILES string of the molecule is C=C(Cl)Cn1cc([N+](=O)[O-])cn1. The average molecular weight is 188 g/mol. The lowest BCUT2D eigenvalue weighted by Crippen LogP contribution is -1.96. The third-order valence-corrected chi connectivity index (χ3v) is 1.28. The van der Waals surface area contributed by atoms with Gasteiger partial charge in [-0.3, -0.25) is 14.8 Å². The molecule has 0 spiro atoms. The van der Waals surface area contributed by atoms with Gasteiger partial charge < -0.3 is 0 Å². The first-order valence-corrected chi connectivity index (χ1v) is 3.47. The number of nitrogens with zero attached hydrogens (tertiary/aromatic N) is 3. The van der Waals surface area contributed by atoms with E-state index in [0.717, 1.165) is 0 Å². The summed E-state index contributed by atoms with van der Waals surface area (Å²) in [6.07, 6.45) is 2.47. The minimum absolute atomic E-state index is 0.0482. The van der Waals surface area contributed by atoms with Crippen LogP contribution in [0.4, 0.5) is 5.69 Å². The van der Waals surface area contributed by atoms with Crippen LogP contribution in [0.1, 0.15) is 0 Å². The van der Waals surface area contributed by atoms with E-state index in [0.29, 0.717) is 5.03 Å². The highest BCUT2D eigenvalue weighted by molar-refractivity contribution is 6.29. The van der Waals surface area contributed by atoms with Crippen LogP contribution in [-0.4, -0.2) is 14.7 Å². The molecule has 0 radical (unpaired) electrons. The molecule has 64 valence electrons. The van der Waals surface area contributed by atoms with Gasteiger partial charge in [0, 0.05) is 5.03 Å². The minimum Gasteiger partial charge on any atom is -0.260 e. The van der Waals surface area contributed by atoms with Crippen molar-refractivity contribution >= 4 is 17.3 Å². The molecule has 0 aliphatic rings. The summed E-state index contributed by atoms with van der Waals surface area (Å²) >= 11 is 5.48. The van der Waals surface area contributed by atoms with Gasteiger partial charge in [0.15, 0.2) is 0 Å². The lowest BCUT2D eigenvalue weighted by molar-refractivity contribution is -0.385. The third-order valence-electron chi connectivity index (χ3n) is 1.16. The molecule has 0 amide bonds. The van der Waals surface area contributed by atoms with Gasteiger partial charge in [0.25, 0.3) is 0 Å². The summed E-state index contributed by atoms with van der Waals surface area (Å²) in [7, 11) is 0. The maximum absolute atomic E-state index is 10.2. The van der Waals surface area contributed by atoms with E-state index < -0.39 is 4.92 Å². The fraction of sp³-hybridized carbons (Fsp3) is 0.167. The van der Waals surface area contributed by atoms with Crippen molar-refractivity contribution in [3.05, 3.63) is 34.1 Å². The van der Waals surface area contributed by atoms with E-state index >= 15 is 0 Å². The van der Waals surface area contributed by atoms with Crippen LogP contribution in [0.3, 0.4) is 0 Å². The van der Waals surface area contributed by atoms with Crippen LogP contribution < -0.4 is 0 Å². The van der Waals surface area contributed by atoms with Gasteiger partial charge in [-0.05, 0) is 0 Å². The monoisotopic (exact) mass is 187 g/mol. The van der Waals surface area contributed by atoms with Gasteiger partial charge in [-0.2, -0.15) is 5.10 Å². The Bertz CT molecular complexity index is 320. The largest absolute Gasteiger partial charge is 0.307 e. The van der Waals surface area contributed by atoms with E-state index in [2.05, 4.69) is 11.7 Å². The molecule has 1 rings (SSSR count). The molecule has 0 saturated carbocycles. The molecule has 0 bridgehead atoms. The molecule has 0 N–H and O–H groups in total. The molecule has 6 heteroatoms. The van der Waals surface area contributed by atoms with Crippen LogP contribution in [0.2, 0.25) is 0 Å². The van der Waals surface area contributed by atoms with Gasteiger partial charge in [-0.1, -0.05) is 18.2 Å². The van der Waals surface area contributed by atoms with E-state index in [1.165, 1.54) is 17.1 Å². The van der Waals surface area contributed by atoms with Crippen molar-refractivity contribution in [1.82, 2.24) is 9.78 Å². The molecule has 0 unspecified atom stereocenters. The van der Waals surface area contributed by atoms with Crippen molar-refractivity contribution in [2.45, 2.75) is 6.54 Å². The molecule has 5 nitrogen and oxygen atoms in total. The second kappa shape index (κ2) is 3.36. The van der Waals surface area contributed by atoms with Crippen molar-refractivity contribution in [3.63, 3.8) is 0 Å². The Morgan fingerprint density at radius 1 is 1.92 bits per heavy atom. The molecule has 1 heterocycles. The van der Waals surface area contributed by atoms with E-state index in [9.17, 15) is 10.1 Å². The van der Waals surface area contributed by atoms with E-state index in [4.69, 9.17) is 11.6 Å². The van der Waals surface area contributed by atoms with Crippen molar-refractivity contribution in [2.24, 2.45) is 0 Å². The number of nitro groups is 1. The molecule has 12 heavy (non-hydrogen) atoms. The zero-order chi connectivity index (χ0) is 9.14. The second-order valence-corrected chi connectivity index (χ2v) is 2.71. The fourth-order valence-electron chi connectivity index (χ4n) is 0.709. The number of allylic oxidation sites excluding steroid dienone is 1. The predicted molar refractivity (Wildman–Crippen MR) is 43.9 cm³/mol. The molecule has 1 aromatic heterocycles. The quantitative estimate of drug-likeness (QED) is 0.533. The Labute approximate surface area is 73.4 Å². The first kappa shape index (κ1) is 8.73. The fourth-order valence-corrected chi connectivity index (χ4v) is 0.832. The molecule has 1 aromatic rings. The number of hydrogen-bond donors (Lipinski definition) is 0. The molecule has 0 aromatic carbocycles. The Morgan fingerprint density at radius 3 is 3.00 bits per heavy atom. The Balaban J connectivity index is 2.77. The van der Waals surface area contributed by atoms with E-state index in [1.807, 2.05) is 0 Å². The maximum Gasteiger partial charge on any atom is 0.307 e. The highest BCUT2D eigenvalue weighted by Gasteiger charge is 2.08. The number of rotatable bonds is 3. The van der Waals surface area contributed by atoms with Crippen LogP contribution in [-0.2, 0) is 6.54 Å². The van der Waals surface area contributed by atoms with Crippen LogP contribution in [0.25, 0.3) is 0 Å². The first-order valence-electron chi connectivity index (χ1n) is 3.09. The minimum atomic E-state index is -0.513. The Hall–Kier alpha value is -1.36. The van der Waals surface area contributed by atoms with E-state index in [1.54, 1.807) is 0 Å². The van der Waals surface area contributed by atoms with E-state index in [-0.39, 0.29) is 12.2 Å². The highest BCUT2D eigenvalue weighted by Crippen LogP contribution is 2.09. The smallest absolute Gasteiger partial charge is 0.260 e. The molecular weight excluding hydrogens is 182 g/mol. The standard InChI is InChI=1S/C6H6ClN3O2/c1-5(7)3-9-4-6(2-8-9)10(11)12/h2,4H,1,3H2. The van der Waals surface area contributed by atoms with Crippen LogP contribution in [0.15, 0.2) is 24.0 Å². The molecular formula is C6H6ClN3O2. The summed E-state index contributed by atoms with van der Waals surface area (Å²) in [5.74, 6) is 0. The summed E-state index contributed by atoms with van der Waals surface area (Å²) in [5, 5.41) is 14.3. The Morgan fingerprint density at radius 2 is 2.58 bits per heavy atom. The molecule has 0 aliphatic carbocycles. The zero-order valence-electron chi connectivity index (χ0n) is 6.11. The molecule has 0 saturated heterocycles. The van der Waals surface area contributed by atoms with Gasteiger partial charge >= 0.3 is 5.69 Å². The summed E-state index contributed by atoms with van der Waals surface area (Å²) in [4.78, 5) is 9.68. The number of aromatic nitrogens is 2. The summed E-state index contributed by atoms with van der Waals surface area (Å²) in [6, 6.07) is 0. The summed E-state index contributed by atoms with van der Waals surface area (Å²) in [5.41, 5.74) is -0.0482. The van der Waals surface area contributed by atoms with Gasteiger partial charge in [0.2, 0.25) is 0 Å². The summed E-state index contributed by atoms with van der Waals surface area (Å²) < 4.78 is 1.35. The van der Waals surface area contributed by atoms with Crippen LogP contribution in [0.5, 0.6) is 0 Å². The van der Waals surface area contributed by atoms with Gasteiger partial charge in [-0.15, -0.1) is 0 Å². The van der Waals surface area contributed by atoms with Crippen LogP contribution in [0, 0.1) is 10.1 Å². The Kier molecular flexibility index (Phi) is 2.44. The predicted octanol–water partition coefficient (Wildman–Crippen LogP) is 1.54. The highest BCUT2D eigenvalue weighted by atomic mass is 35.5.